The average Bonchev–Trinajstić information content (AvgIpc) is 2.54. The van der Waals surface area contributed by atoms with Crippen molar-refractivity contribution in [3.63, 3.8) is 0 Å². The smallest absolute Gasteiger partial charge is 0.224 e. The minimum Gasteiger partial charge on any atom is -0.493 e. The number of ether oxygens (including phenoxy) is 2. The van der Waals surface area contributed by atoms with Gasteiger partial charge in [-0.2, -0.15) is 0 Å². The van der Waals surface area contributed by atoms with Crippen LogP contribution in [0.15, 0.2) is 42.5 Å². The third-order valence-electron chi connectivity index (χ3n) is 3.27. The molecular weight excluding hydrogens is 297 g/mol. The topological polar surface area (TPSA) is 47.6 Å². The van der Waals surface area contributed by atoms with Crippen LogP contribution in [0.2, 0.25) is 0 Å². The van der Waals surface area contributed by atoms with Crippen molar-refractivity contribution >= 4 is 5.91 Å². The van der Waals surface area contributed by atoms with E-state index in [1.807, 2.05) is 25.1 Å². The normalized spacial score (nSPS) is 10.2. The lowest BCUT2D eigenvalue weighted by Crippen LogP contribution is -2.24. The summed E-state index contributed by atoms with van der Waals surface area (Å²) in [7, 11) is 1.57. The van der Waals surface area contributed by atoms with Gasteiger partial charge >= 0.3 is 0 Å². The number of hydrogen-bond acceptors (Lipinski definition) is 3. The fourth-order valence-electron chi connectivity index (χ4n) is 2.19. The van der Waals surface area contributed by atoms with Crippen molar-refractivity contribution in [1.29, 1.82) is 0 Å². The van der Waals surface area contributed by atoms with Crippen LogP contribution in [0.4, 0.5) is 4.39 Å². The number of carbonyl (C=O) groups is 1. The lowest BCUT2D eigenvalue weighted by atomic mass is 10.1. The van der Waals surface area contributed by atoms with Gasteiger partial charge in [-0.3, -0.25) is 4.79 Å². The van der Waals surface area contributed by atoms with Crippen LogP contribution in [0.3, 0.4) is 0 Å². The van der Waals surface area contributed by atoms with E-state index in [1.165, 1.54) is 12.1 Å². The SMILES string of the molecule is CCOc1ccc(CNC(=O)Cc2cccc(F)c2)cc1OC. The number of rotatable bonds is 7. The first-order valence-corrected chi connectivity index (χ1v) is 7.43. The van der Waals surface area contributed by atoms with Crippen molar-refractivity contribution in [3.8, 4) is 11.5 Å². The van der Waals surface area contributed by atoms with Crippen molar-refractivity contribution in [2.75, 3.05) is 13.7 Å². The van der Waals surface area contributed by atoms with Gasteiger partial charge in [0.1, 0.15) is 5.82 Å². The highest BCUT2D eigenvalue weighted by Crippen LogP contribution is 2.27. The van der Waals surface area contributed by atoms with Crippen LogP contribution in [0.5, 0.6) is 11.5 Å². The Morgan fingerprint density at radius 3 is 2.65 bits per heavy atom. The Kier molecular flexibility index (Phi) is 5.97. The number of nitrogens with one attached hydrogen (secondary N) is 1. The van der Waals surface area contributed by atoms with Crippen LogP contribution in [0, 0.1) is 5.82 Å². The molecule has 0 fully saturated rings. The van der Waals surface area contributed by atoms with Crippen LogP contribution in [-0.2, 0) is 17.8 Å². The Morgan fingerprint density at radius 1 is 1.13 bits per heavy atom. The van der Waals surface area contributed by atoms with Crippen LogP contribution in [0.1, 0.15) is 18.1 Å². The van der Waals surface area contributed by atoms with Gasteiger partial charge in [0.05, 0.1) is 20.1 Å². The number of methoxy groups -OCH3 is 1. The van der Waals surface area contributed by atoms with Gasteiger partial charge in [0, 0.05) is 6.54 Å². The number of carbonyl (C=O) groups excluding carboxylic acids is 1. The first-order valence-electron chi connectivity index (χ1n) is 7.43. The van der Waals surface area contributed by atoms with E-state index in [-0.39, 0.29) is 18.1 Å². The second-order valence-electron chi connectivity index (χ2n) is 5.00. The maximum Gasteiger partial charge on any atom is 0.224 e. The molecule has 0 heterocycles. The van der Waals surface area contributed by atoms with Gasteiger partial charge in [0.25, 0.3) is 0 Å². The zero-order valence-electron chi connectivity index (χ0n) is 13.3. The maximum absolute atomic E-state index is 13.1. The number of amides is 1. The second kappa shape index (κ2) is 8.17. The molecular formula is C18H20FNO3. The summed E-state index contributed by atoms with van der Waals surface area (Å²) >= 11 is 0. The fourth-order valence-corrected chi connectivity index (χ4v) is 2.19. The third kappa shape index (κ3) is 4.98. The summed E-state index contributed by atoms with van der Waals surface area (Å²) in [5.74, 6) is 0.795. The molecule has 0 aromatic heterocycles. The van der Waals surface area contributed by atoms with Gasteiger partial charge in [-0.1, -0.05) is 18.2 Å². The molecule has 5 heteroatoms. The van der Waals surface area contributed by atoms with Gasteiger partial charge in [-0.15, -0.1) is 0 Å². The average molecular weight is 317 g/mol. The van der Waals surface area contributed by atoms with E-state index >= 15 is 0 Å². The van der Waals surface area contributed by atoms with Crippen molar-refractivity contribution < 1.29 is 18.7 Å². The van der Waals surface area contributed by atoms with E-state index in [0.29, 0.717) is 30.2 Å². The third-order valence-corrected chi connectivity index (χ3v) is 3.27. The summed E-state index contributed by atoms with van der Waals surface area (Å²) in [6.07, 6.45) is 0.145. The van der Waals surface area contributed by atoms with E-state index in [2.05, 4.69) is 5.32 Å². The second-order valence-corrected chi connectivity index (χ2v) is 5.00. The van der Waals surface area contributed by atoms with Gasteiger partial charge < -0.3 is 14.8 Å². The Bertz CT molecular complexity index is 673. The predicted octanol–water partition coefficient (Wildman–Crippen LogP) is 3.09. The van der Waals surface area contributed by atoms with Crippen LogP contribution in [-0.4, -0.2) is 19.6 Å². The van der Waals surface area contributed by atoms with Crippen LogP contribution in [0.25, 0.3) is 0 Å². The Morgan fingerprint density at radius 2 is 1.96 bits per heavy atom. The summed E-state index contributed by atoms with van der Waals surface area (Å²) in [5, 5.41) is 2.81. The molecule has 0 bridgehead atoms. The fraction of sp³-hybridized carbons (Fsp3) is 0.278. The number of benzene rings is 2. The molecule has 122 valence electrons. The minimum absolute atomic E-state index is 0.145. The first-order chi connectivity index (χ1) is 11.1. The standard InChI is InChI=1S/C18H20FNO3/c1-3-23-16-8-7-14(10-17(16)22-2)12-20-18(21)11-13-5-4-6-15(19)9-13/h4-10H,3,11-12H2,1-2H3,(H,20,21). The zero-order valence-corrected chi connectivity index (χ0v) is 13.3. The van der Waals surface area contributed by atoms with E-state index < -0.39 is 0 Å². The molecule has 2 aromatic rings. The molecule has 4 nitrogen and oxygen atoms in total. The van der Waals surface area contributed by atoms with Crippen molar-refractivity contribution in [1.82, 2.24) is 5.32 Å². The highest BCUT2D eigenvalue weighted by molar-refractivity contribution is 5.78. The Balaban J connectivity index is 1.93. The largest absolute Gasteiger partial charge is 0.493 e. The van der Waals surface area contributed by atoms with E-state index in [0.717, 1.165) is 5.56 Å². The number of halogens is 1. The van der Waals surface area contributed by atoms with E-state index in [1.54, 1.807) is 19.2 Å². The van der Waals surface area contributed by atoms with Crippen molar-refractivity contribution in [3.05, 3.63) is 59.4 Å². The number of hydrogen-bond donors (Lipinski definition) is 1. The minimum atomic E-state index is -0.341. The van der Waals surface area contributed by atoms with Gasteiger partial charge in [-0.25, -0.2) is 4.39 Å². The molecule has 0 radical (unpaired) electrons. The molecule has 0 spiro atoms. The summed E-state index contributed by atoms with van der Waals surface area (Å²) < 4.78 is 23.8. The van der Waals surface area contributed by atoms with Crippen molar-refractivity contribution in [2.24, 2.45) is 0 Å². The molecule has 0 aliphatic carbocycles. The van der Waals surface area contributed by atoms with Gasteiger partial charge in [0.15, 0.2) is 11.5 Å². The lowest BCUT2D eigenvalue weighted by molar-refractivity contribution is -0.120. The van der Waals surface area contributed by atoms with E-state index in [9.17, 15) is 9.18 Å². The summed E-state index contributed by atoms with van der Waals surface area (Å²) in [6.45, 7) is 2.83. The van der Waals surface area contributed by atoms with Crippen molar-refractivity contribution in [2.45, 2.75) is 19.9 Å². The van der Waals surface area contributed by atoms with E-state index in [4.69, 9.17) is 9.47 Å². The molecule has 1 amide bonds. The highest BCUT2D eigenvalue weighted by Gasteiger charge is 2.07. The zero-order chi connectivity index (χ0) is 16.7. The molecule has 2 aromatic carbocycles. The highest BCUT2D eigenvalue weighted by atomic mass is 19.1. The molecule has 23 heavy (non-hydrogen) atoms. The summed E-state index contributed by atoms with van der Waals surface area (Å²) in [4.78, 5) is 11.9. The monoisotopic (exact) mass is 317 g/mol. The molecule has 2 rings (SSSR count). The molecule has 0 saturated carbocycles. The predicted molar refractivity (Wildman–Crippen MR) is 86.1 cm³/mol. The molecule has 0 saturated heterocycles. The van der Waals surface area contributed by atoms with Gasteiger partial charge in [-0.05, 0) is 42.3 Å². The first kappa shape index (κ1) is 16.8. The van der Waals surface area contributed by atoms with Crippen LogP contribution >= 0.6 is 0 Å². The quantitative estimate of drug-likeness (QED) is 0.853. The molecule has 1 N–H and O–H groups in total. The van der Waals surface area contributed by atoms with Crippen LogP contribution < -0.4 is 14.8 Å². The summed E-state index contributed by atoms with van der Waals surface area (Å²) in [5.41, 5.74) is 1.55. The summed E-state index contributed by atoms with van der Waals surface area (Å²) in [6, 6.07) is 11.5. The van der Waals surface area contributed by atoms with Gasteiger partial charge in [0.2, 0.25) is 5.91 Å². The Hall–Kier alpha value is -2.56. The lowest BCUT2D eigenvalue weighted by Gasteiger charge is -2.11. The molecule has 0 unspecified atom stereocenters. The molecule has 0 aliphatic heterocycles. The molecule has 0 atom stereocenters. The molecule has 0 aliphatic rings. The maximum atomic E-state index is 13.1. The Labute approximate surface area is 135 Å².